The van der Waals surface area contributed by atoms with Gasteiger partial charge in [0.2, 0.25) is 5.91 Å². The van der Waals surface area contributed by atoms with E-state index in [9.17, 15) is 4.79 Å². The van der Waals surface area contributed by atoms with E-state index in [2.05, 4.69) is 42.2 Å². The minimum absolute atomic E-state index is 0.0122. The third kappa shape index (κ3) is 4.58. The highest BCUT2D eigenvalue weighted by Crippen LogP contribution is 2.24. The molecule has 0 aliphatic carbocycles. The van der Waals surface area contributed by atoms with Gasteiger partial charge in [-0.2, -0.15) is 0 Å². The Kier molecular flexibility index (Phi) is 6.27. The first-order valence-electron chi connectivity index (χ1n) is 9.38. The van der Waals surface area contributed by atoms with Gasteiger partial charge in [0.1, 0.15) is 0 Å². The Balaban J connectivity index is 1.41. The second-order valence-electron chi connectivity index (χ2n) is 7.12. The fourth-order valence-corrected chi connectivity index (χ4v) is 3.85. The Morgan fingerprint density at radius 2 is 1.79 bits per heavy atom. The summed E-state index contributed by atoms with van der Waals surface area (Å²) in [4.78, 5) is 17.0. The zero-order valence-corrected chi connectivity index (χ0v) is 14.8. The molecular weight excluding hydrogens is 300 g/mol. The summed E-state index contributed by atoms with van der Waals surface area (Å²) in [6, 6.07) is 10.8. The van der Waals surface area contributed by atoms with Crippen molar-refractivity contribution >= 4 is 5.91 Å². The molecule has 2 aliphatic rings. The van der Waals surface area contributed by atoms with Crippen molar-refractivity contribution in [2.24, 2.45) is 5.92 Å². The van der Waals surface area contributed by atoms with Crippen molar-refractivity contribution < 1.29 is 9.53 Å². The lowest BCUT2D eigenvalue weighted by molar-refractivity contribution is -0.141. The summed E-state index contributed by atoms with van der Waals surface area (Å²) in [5.41, 5.74) is 1.44. The van der Waals surface area contributed by atoms with Crippen LogP contribution in [0, 0.1) is 5.92 Å². The van der Waals surface area contributed by atoms with Gasteiger partial charge < -0.3 is 9.64 Å². The standard InChI is InChI=1S/C20H30N2O2/c1-17(20(23)22-13-15-24-16-14-22)21-11-9-19(10-12-21)8-7-18-5-3-2-4-6-18/h2-6,17,19H,7-16H2,1H3. The van der Waals surface area contributed by atoms with E-state index in [0.717, 1.165) is 32.1 Å². The Labute approximate surface area is 145 Å². The molecule has 1 unspecified atom stereocenters. The number of carbonyl (C=O) groups is 1. The summed E-state index contributed by atoms with van der Waals surface area (Å²) in [7, 11) is 0. The first-order chi connectivity index (χ1) is 11.7. The maximum absolute atomic E-state index is 12.6. The summed E-state index contributed by atoms with van der Waals surface area (Å²) < 4.78 is 5.35. The molecule has 2 heterocycles. The fraction of sp³-hybridized carbons (Fsp3) is 0.650. The van der Waals surface area contributed by atoms with Crippen LogP contribution in [0.3, 0.4) is 0 Å². The monoisotopic (exact) mass is 330 g/mol. The topological polar surface area (TPSA) is 32.8 Å². The van der Waals surface area contributed by atoms with E-state index >= 15 is 0 Å². The van der Waals surface area contributed by atoms with E-state index in [1.807, 2.05) is 4.90 Å². The van der Waals surface area contributed by atoms with Gasteiger partial charge in [-0.05, 0) is 57.2 Å². The van der Waals surface area contributed by atoms with E-state index in [1.54, 1.807) is 0 Å². The number of benzene rings is 1. The summed E-state index contributed by atoms with van der Waals surface area (Å²) >= 11 is 0. The van der Waals surface area contributed by atoms with Crippen LogP contribution in [-0.4, -0.2) is 61.1 Å². The summed E-state index contributed by atoms with van der Waals surface area (Å²) in [5.74, 6) is 1.08. The van der Waals surface area contributed by atoms with Gasteiger partial charge in [-0.25, -0.2) is 0 Å². The van der Waals surface area contributed by atoms with Crippen molar-refractivity contribution in [2.45, 2.75) is 38.6 Å². The molecule has 132 valence electrons. The number of aryl methyl sites for hydroxylation is 1. The normalized spacial score (nSPS) is 21.6. The molecule has 2 saturated heterocycles. The second kappa shape index (κ2) is 8.63. The van der Waals surface area contributed by atoms with Crippen molar-refractivity contribution in [1.82, 2.24) is 9.80 Å². The fourth-order valence-electron chi connectivity index (χ4n) is 3.85. The van der Waals surface area contributed by atoms with E-state index in [1.165, 1.54) is 31.2 Å². The van der Waals surface area contributed by atoms with Gasteiger partial charge in [0.05, 0.1) is 19.3 Å². The van der Waals surface area contributed by atoms with Crippen LogP contribution in [0.2, 0.25) is 0 Å². The molecule has 3 rings (SSSR count). The number of carbonyl (C=O) groups excluding carboxylic acids is 1. The van der Waals surface area contributed by atoms with Crippen LogP contribution in [0.1, 0.15) is 31.7 Å². The molecule has 1 aromatic carbocycles. The van der Waals surface area contributed by atoms with Crippen LogP contribution in [-0.2, 0) is 16.0 Å². The molecule has 0 radical (unpaired) electrons. The van der Waals surface area contributed by atoms with Crippen LogP contribution < -0.4 is 0 Å². The number of hydrogen-bond donors (Lipinski definition) is 0. The smallest absolute Gasteiger partial charge is 0.239 e. The van der Waals surface area contributed by atoms with Gasteiger partial charge in [-0.3, -0.25) is 9.69 Å². The van der Waals surface area contributed by atoms with Crippen LogP contribution in [0.15, 0.2) is 30.3 Å². The molecule has 0 aromatic heterocycles. The number of ether oxygens (including phenoxy) is 1. The lowest BCUT2D eigenvalue weighted by Gasteiger charge is -2.38. The lowest BCUT2D eigenvalue weighted by Crippen LogP contribution is -2.52. The quantitative estimate of drug-likeness (QED) is 0.832. The summed E-state index contributed by atoms with van der Waals surface area (Å²) in [6.07, 6.45) is 4.87. The van der Waals surface area contributed by atoms with Crippen LogP contribution in [0.25, 0.3) is 0 Å². The molecular formula is C20H30N2O2. The number of piperidine rings is 1. The summed E-state index contributed by atoms with van der Waals surface area (Å²) in [5, 5.41) is 0. The zero-order valence-electron chi connectivity index (χ0n) is 14.8. The predicted molar refractivity (Wildman–Crippen MR) is 95.9 cm³/mol. The third-order valence-electron chi connectivity index (χ3n) is 5.56. The number of rotatable bonds is 5. The van der Waals surface area contributed by atoms with Gasteiger partial charge >= 0.3 is 0 Å². The van der Waals surface area contributed by atoms with E-state index < -0.39 is 0 Å². The molecule has 1 amide bonds. The molecule has 4 heteroatoms. The first kappa shape index (κ1) is 17.4. The van der Waals surface area contributed by atoms with Crippen LogP contribution in [0.4, 0.5) is 0 Å². The molecule has 1 aromatic rings. The predicted octanol–water partition coefficient (Wildman–Crippen LogP) is 2.58. The van der Waals surface area contributed by atoms with Crippen molar-refractivity contribution in [2.75, 3.05) is 39.4 Å². The van der Waals surface area contributed by atoms with Gasteiger partial charge in [-0.15, -0.1) is 0 Å². The van der Waals surface area contributed by atoms with Crippen LogP contribution >= 0.6 is 0 Å². The van der Waals surface area contributed by atoms with Gasteiger partial charge in [-0.1, -0.05) is 30.3 Å². The molecule has 0 N–H and O–H groups in total. The zero-order chi connectivity index (χ0) is 16.8. The largest absolute Gasteiger partial charge is 0.378 e. The van der Waals surface area contributed by atoms with Gasteiger partial charge in [0.15, 0.2) is 0 Å². The highest BCUT2D eigenvalue weighted by atomic mass is 16.5. The molecule has 24 heavy (non-hydrogen) atoms. The van der Waals surface area contributed by atoms with E-state index in [-0.39, 0.29) is 11.9 Å². The molecule has 1 atom stereocenters. The van der Waals surface area contributed by atoms with Crippen molar-refractivity contribution in [1.29, 1.82) is 0 Å². The summed E-state index contributed by atoms with van der Waals surface area (Å²) in [6.45, 7) is 7.03. The lowest BCUT2D eigenvalue weighted by atomic mass is 9.90. The number of morpholine rings is 1. The van der Waals surface area contributed by atoms with Crippen molar-refractivity contribution in [3.63, 3.8) is 0 Å². The van der Waals surface area contributed by atoms with Gasteiger partial charge in [0, 0.05) is 13.1 Å². The van der Waals surface area contributed by atoms with Crippen molar-refractivity contribution in [3.8, 4) is 0 Å². The Morgan fingerprint density at radius 1 is 1.12 bits per heavy atom. The number of likely N-dealkylation sites (tertiary alicyclic amines) is 1. The Morgan fingerprint density at radius 3 is 2.46 bits per heavy atom. The van der Waals surface area contributed by atoms with E-state index in [0.29, 0.717) is 13.2 Å². The molecule has 4 nitrogen and oxygen atoms in total. The van der Waals surface area contributed by atoms with Gasteiger partial charge in [0.25, 0.3) is 0 Å². The van der Waals surface area contributed by atoms with E-state index in [4.69, 9.17) is 4.74 Å². The SMILES string of the molecule is CC(C(=O)N1CCOCC1)N1CCC(CCc2ccccc2)CC1. The maximum Gasteiger partial charge on any atom is 0.239 e. The number of amides is 1. The third-order valence-corrected chi connectivity index (χ3v) is 5.56. The Hall–Kier alpha value is -1.39. The molecule has 0 spiro atoms. The second-order valence-corrected chi connectivity index (χ2v) is 7.12. The minimum Gasteiger partial charge on any atom is -0.378 e. The average Bonchev–Trinajstić information content (AvgIpc) is 2.67. The highest BCUT2D eigenvalue weighted by Gasteiger charge is 2.29. The number of hydrogen-bond acceptors (Lipinski definition) is 3. The first-order valence-corrected chi connectivity index (χ1v) is 9.38. The molecule has 0 bridgehead atoms. The highest BCUT2D eigenvalue weighted by molar-refractivity contribution is 5.81. The maximum atomic E-state index is 12.6. The molecule has 0 saturated carbocycles. The minimum atomic E-state index is 0.0122. The molecule has 2 aliphatic heterocycles. The average molecular weight is 330 g/mol. The Bertz CT molecular complexity index is 506. The number of nitrogens with zero attached hydrogens (tertiary/aromatic N) is 2. The van der Waals surface area contributed by atoms with Crippen molar-refractivity contribution in [3.05, 3.63) is 35.9 Å². The molecule has 2 fully saturated rings. The van der Waals surface area contributed by atoms with Crippen LogP contribution in [0.5, 0.6) is 0 Å².